The molecule has 2 heteroatoms. The van der Waals surface area contributed by atoms with Crippen molar-refractivity contribution in [1.29, 1.82) is 0 Å². The van der Waals surface area contributed by atoms with Gasteiger partial charge in [0.05, 0.1) is 6.04 Å². The number of phenols is 1. The average Bonchev–Trinajstić information content (AvgIpc) is 2.37. The Bertz CT molecular complexity index is 414. The molecule has 0 atom stereocenters. The molecule has 3 N–H and O–H groups in total. The second-order valence-electron chi connectivity index (χ2n) is 6.93. The van der Waals surface area contributed by atoms with Gasteiger partial charge in [-0.15, -0.1) is 0 Å². The number of rotatable bonds is 3. The van der Waals surface area contributed by atoms with Gasteiger partial charge in [0.15, 0.2) is 0 Å². The standard InChI is InChI=1S/C17H27NO/c1-17(2,3)14-9-10-16(19)13(11-14)12-18-15-7-5-4-6-8-15/h9-11,15,18-19H,4-8,12H2,1-3H3/p+1. The Labute approximate surface area is 117 Å². The van der Waals surface area contributed by atoms with E-state index in [1.807, 2.05) is 12.1 Å². The van der Waals surface area contributed by atoms with Crippen molar-refractivity contribution < 1.29 is 10.4 Å². The van der Waals surface area contributed by atoms with E-state index in [0.717, 1.165) is 18.2 Å². The molecular formula is C17H28NO+. The van der Waals surface area contributed by atoms with Crippen LogP contribution in [0.4, 0.5) is 0 Å². The van der Waals surface area contributed by atoms with E-state index in [0.29, 0.717) is 5.75 Å². The molecule has 1 aromatic carbocycles. The van der Waals surface area contributed by atoms with Crippen molar-refractivity contribution in [1.82, 2.24) is 0 Å². The zero-order chi connectivity index (χ0) is 13.9. The van der Waals surface area contributed by atoms with Crippen LogP contribution in [0, 0.1) is 0 Å². The van der Waals surface area contributed by atoms with Crippen LogP contribution in [0.3, 0.4) is 0 Å². The second-order valence-corrected chi connectivity index (χ2v) is 6.93. The molecule has 1 aliphatic rings. The fraction of sp³-hybridized carbons (Fsp3) is 0.647. The minimum Gasteiger partial charge on any atom is -0.507 e. The van der Waals surface area contributed by atoms with E-state index in [1.165, 1.54) is 37.7 Å². The average molecular weight is 262 g/mol. The molecule has 0 heterocycles. The van der Waals surface area contributed by atoms with E-state index in [9.17, 15) is 5.11 Å². The maximum Gasteiger partial charge on any atom is 0.124 e. The first-order valence-corrected chi connectivity index (χ1v) is 7.62. The van der Waals surface area contributed by atoms with Crippen LogP contribution < -0.4 is 5.32 Å². The van der Waals surface area contributed by atoms with E-state index in [1.54, 1.807) is 0 Å². The first kappa shape index (κ1) is 14.4. The Morgan fingerprint density at radius 2 is 1.84 bits per heavy atom. The normalized spacial score (nSPS) is 17.6. The van der Waals surface area contributed by atoms with Crippen LogP contribution >= 0.6 is 0 Å². The van der Waals surface area contributed by atoms with Gasteiger partial charge in [0.1, 0.15) is 12.3 Å². The molecule has 106 valence electrons. The van der Waals surface area contributed by atoms with Crippen LogP contribution in [0.15, 0.2) is 18.2 Å². The van der Waals surface area contributed by atoms with Crippen LogP contribution in [0.1, 0.15) is 64.0 Å². The molecule has 1 aliphatic carbocycles. The van der Waals surface area contributed by atoms with Gasteiger partial charge in [0.25, 0.3) is 0 Å². The van der Waals surface area contributed by atoms with Gasteiger partial charge in [-0.1, -0.05) is 33.3 Å². The topological polar surface area (TPSA) is 36.8 Å². The molecule has 2 rings (SSSR count). The van der Waals surface area contributed by atoms with E-state index < -0.39 is 0 Å². The van der Waals surface area contributed by atoms with Crippen molar-refractivity contribution in [2.24, 2.45) is 0 Å². The van der Waals surface area contributed by atoms with E-state index in [4.69, 9.17) is 0 Å². The lowest BCUT2D eigenvalue weighted by Crippen LogP contribution is -2.88. The third kappa shape index (κ3) is 3.97. The molecule has 2 nitrogen and oxygen atoms in total. The summed E-state index contributed by atoms with van der Waals surface area (Å²) in [5.74, 6) is 0.444. The predicted molar refractivity (Wildman–Crippen MR) is 79.3 cm³/mol. The summed E-state index contributed by atoms with van der Waals surface area (Å²) in [6, 6.07) is 6.82. The third-order valence-corrected chi connectivity index (χ3v) is 4.27. The number of benzene rings is 1. The maximum absolute atomic E-state index is 10.0. The number of hydrogen-bond acceptors (Lipinski definition) is 1. The van der Waals surface area contributed by atoms with Gasteiger partial charge in [-0.25, -0.2) is 0 Å². The molecule has 0 amide bonds. The molecule has 0 aromatic heterocycles. The van der Waals surface area contributed by atoms with Crippen molar-refractivity contribution in [3.8, 4) is 5.75 Å². The van der Waals surface area contributed by atoms with Crippen molar-refractivity contribution in [3.63, 3.8) is 0 Å². The lowest BCUT2D eigenvalue weighted by Gasteiger charge is -2.22. The van der Waals surface area contributed by atoms with Gasteiger partial charge < -0.3 is 10.4 Å². The summed E-state index contributed by atoms with van der Waals surface area (Å²) in [5.41, 5.74) is 2.53. The van der Waals surface area contributed by atoms with Crippen LogP contribution in [0.5, 0.6) is 5.75 Å². The summed E-state index contributed by atoms with van der Waals surface area (Å²) in [7, 11) is 0. The molecule has 1 fully saturated rings. The summed E-state index contributed by atoms with van der Waals surface area (Å²) < 4.78 is 0. The van der Waals surface area contributed by atoms with Crippen molar-refractivity contribution in [2.45, 2.75) is 70.9 Å². The molecule has 19 heavy (non-hydrogen) atoms. The first-order chi connectivity index (χ1) is 8.97. The lowest BCUT2D eigenvalue weighted by atomic mass is 9.86. The zero-order valence-electron chi connectivity index (χ0n) is 12.6. The smallest absolute Gasteiger partial charge is 0.124 e. The molecule has 0 spiro atoms. The molecule has 0 radical (unpaired) electrons. The van der Waals surface area contributed by atoms with Gasteiger partial charge in [0.2, 0.25) is 0 Å². The highest BCUT2D eigenvalue weighted by molar-refractivity contribution is 5.38. The van der Waals surface area contributed by atoms with Crippen LogP contribution in [0.2, 0.25) is 0 Å². The molecule has 0 aliphatic heterocycles. The Morgan fingerprint density at radius 3 is 2.47 bits per heavy atom. The summed E-state index contributed by atoms with van der Waals surface area (Å²) in [4.78, 5) is 0. The molecular weight excluding hydrogens is 234 g/mol. The Hall–Kier alpha value is -1.02. The highest BCUT2D eigenvalue weighted by Crippen LogP contribution is 2.27. The number of quaternary nitrogens is 1. The van der Waals surface area contributed by atoms with Gasteiger partial charge >= 0.3 is 0 Å². The van der Waals surface area contributed by atoms with Crippen molar-refractivity contribution in [2.75, 3.05) is 0 Å². The fourth-order valence-electron chi connectivity index (χ4n) is 2.88. The quantitative estimate of drug-likeness (QED) is 0.863. The number of phenolic OH excluding ortho intramolecular Hbond substituents is 1. The Kier molecular flexibility index (Phi) is 4.51. The third-order valence-electron chi connectivity index (χ3n) is 4.27. The summed E-state index contributed by atoms with van der Waals surface area (Å²) in [6.45, 7) is 7.55. The molecule has 1 saturated carbocycles. The van der Waals surface area contributed by atoms with Gasteiger partial charge in [0, 0.05) is 5.56 Å². The minimum atomic E-state index is 0.146. The van der Waals surface area contributed by atoms with Gasteiger partial charge in [-0.05, 0) is 48.8 Å². The highest BCUT2D eigenvalue weighted by atomic mass is 16.3. The van der Waals surface area contributed by atoms with Gasteiger partial charge in [-0.2, -0.15) is 0 Å². The van der Waals surface area contributed by atoms with Crippen LogP contribution in [0.25, 0.3) is 0 Å². The predicted octanol–water partition coefficient (Wildman–Crippen LogP) is 3.09. The lowest BCUT2D eigenvalue weighted by molar-refractivity contribution is -0.706. The van der Waals surface area contributed by atoms with Crippen LogP contribution in [-0.4, -0.2) is 11.1 Å². The fourth-order valence-corrected chi connectivity index (χ4v) is 2.88. The summed E-state index contributed by atoms with van der Waals surface area (Å²) >= 11 is 0. The number of nitrogens with two attached hydrogens (primary N) is 1. The Morgan fingerprint density at radius 1 is 1.16 bits per heavy atom. The summed E-state index contributed by atoms with van der Waals surface area (Å²) in [6.07, 6.45) is 6.80. The molecule has 0 saturated heterocycles. The molecule has 0 unspecified atom stereocenters. The molecule has 0 bridgehead atoms. The zero-order valence-corrected chi connectivity index (χ0v) is 12.6. The van der Waals surface area contributed by atoms with Crippen molar-refractivity contribution in [3.05, 3.63) is 29.3 Å². The van der Waals surface area contributed by atoms with Crippen molar-refractivity contribution >= 4 is 0 Å². The van der Waals surface area contributed by atoms with E-state index in [2.05, 4.69) is 32.2 Å². The maximum atomic E-state index is 10.0. The Balaban J connectivity index is 2.02. The highest BCUT2D eigenvalue weighted by Gasteiger charge is 2.19. The SMILES string of the molecule is CC(C)(C)c1ccc(O)c(C[NH2+]C2CCCCC2)c1. The van der Waals surface area contributed by atoms with Crippen LogP contribution in [-0.2, 0) is 12.0 Å². The first-order valence-electron chi connectivity index (χ1n) is 7.62. The number of hydrogen-bond donors (Lipinski definition) is 2. The second kappa shape index (κ2) is 5.96. The largest absolute Gasteiger partial charge is 0.507 e. The van der Waals surface area contributed by atoms with E-state index in [-0.39, 0.29) is 5.41 Å². The molecule has 1 aromatic rings. The van der Waals surface area contributed by atoms with E-state index >= 15 is 0 Å². The van der Waals surface area contributed by atoms with Gasteiger partial charge in [-0.3, -0.25) is 0 Å². The monoisotopic (exact) mass is 262 g/mol. The minimum absolute atomic E-state index is 0.146. The summed E-state index contributed by atoms with van der Waals surface area (Å²) in [5, 5.41) is 12.4. The number of aromatic hydroxyl groups is 1.